The molecule has 5 rings (SSSR count). The first-order valence-electron chi connectivity index (χ1n) is 9.00. The Labute approximate surface area is 165 Å². The highest BCUT2D eigenvalue weighted by Gasteiger charge is 2.22. The maximum Gasteiger partial charge on any atom is 0.273 e. The van der Waals surface area contributed by atoms with Gasteiger partial charge in [0.2, 0.25) is 0 Å². The van der Waals surface area contributed by atoms with E-state index in [0.29, 0.717) is 25.4 Å². The number of carbonyl (C=O) groups is 1. The van der Waals surface area contributed by atoms with Gasteiger partial charge in [-0.15, -0.1) is 5.10 Å². The number of aromatic nitrogens is 5. The van der Waals surface area contributed by atoms with E-state index >= 15 is 0 Å². The van der Waals surface area contributed by atoms with Crippen molar-refractivity contribution in [2.45, 2.75) is 30.9 Å². The van der Waals surface area contributed by atoms with Crippen molar-refractivity contribution in [3.05, 3.63) is 48.0 Å². The Morgan fingerprint density at radius 3 is 3.07 bits per heavy atom. The zero-order valence-corrected chi connectivity index (χ0v) is 15.8. The summed E-state index contributed by atoms with van der Waals surface area (Å²) >= 11 is 1.73. The van der Waals surface area contributed by atoms with Gasteiger partial charge in [0.25, 0.3) is 5.91 Å². The third kappa shape index (κ3) is 3.42. The topological polar surface area (TPSA) is 96.1 Å². The molecule has 1 N–H and O–H groups in total. The minimum atomic E-state index is -0.279. The van der Waals surface area contributed by atoms with Crippen LogP contribution in [0.1, 0.15) is 16.2 Å². The molecule has 1 aromatic carbocycles. The quantitative estimate of drug-likeness (QED) is 0.693. The lowest BCUT2D eigenvalue weighted by molar-refractivity contribution is 0.0754. The van der Waals surface area contributed by atoms with Crippen LogP contribution in [0.5, 0.6) is 11.5 Å². The molecule has 1 amide bonds. The van der Waals surface area contributed by atoms with Gasteiger partial charge in [-0.05, 0) is 12.1 Å². The average Bonchev–Trinajstić information content (AvgIpc) is 3.42. The number of imidazole rings is 1. The van der Waals surface area contributed by atoms with Crippen LogP contribution in [0, 0.1) is 0 Å². The zero-order valence-electron chi connectivity index (χ0n) is 14.9. The van der Waals surface area contributed by atoms with Crippen molar-refractivity contribution >= 4 is 17.7 Å². The number of amides is 1. The highest BCUT2D eigenvalue weighted by atomic mass is 32.2. The molecule has 2 aliphatic rings. The van der Waals surface area contributed by atoms with Gasteiger partial charge in [0.15, 0.2) is 28.5 Å². The lowest BCUT2D eigenvalue weighted by atomic mass is 10.2. The molecule has 3 aromatic rings. The van der Waals surface area contributed by atoms with Crippen LogP contribution in [-0.4, -0.2) is 48.9 Å². The molecule has 0 radical (unpaired) electrons. The van der Waals surface area contributed by atoms with Crippen LogP contribution in [0.25, 0.3) is 0 Å². The fourth-order valence-electron chi connectivity index (χ4n) is 3.16. The van der Waals surface area contributed by atoms with Crippen LogP contribution in [0.3, 0.4) is 0 Å². The van der Waals surface area contributed by atoms with Crippen LogP contribution in [0.4, 0.5) is 0 Å². The molecular formula is C18H18N6O3S. The Kier molecular flexibility index (Phi) is 4.40. The Hall–Kier alpha value is -3.01. The first-order valence-corrected chi connectivity index (χ1v) is 9.99. The third-order valence-electron chi connectivity index (χ3n) is 4.51. The Bertz CT molecular complexity index is 995. The monoisotopic (exact) mass is 398 g/mol. The lowest BCUT2D eigenvalue weighted by Gasteiger charge is -2.26. The van der Waals surface area contributed by atoms with Crippen molar-refractivity contribution in [2.24, 2.45) is 0 Å². The molecule has 1 atom stereocenters. The summed E-state index contributed by atoms with van der Waals surface area (Å²) in [6.45, 7) is 2.19. The van der Waals surface area contributed by atoms with Crippen molar-refractivity contribution in [1.29, 1.82) is 0 Å². The number of benzene rings is 1. The number of nitrogens with one attached hydrogen (secondary N) is 1. The van der Waals surface area contributed by atoms with Gasteiger partial charge in [-0.25, -0.2) is 9.67 Å². The number of rotatable bonds is 5. The van der Waals surface area contributed by atoms with E-state index in [2.05, 4.69) is 25.2 Å². The Morgan fingerprint density at radius 2 is 2.18 bits per heavy atom. The van der Waals surface area contributed by atoms with Crippen LogP contribution in [-0.2, 0) is 19.6 Å². The minimum Gasteiger partial charge on any atom is -0.486 e. The van der Waals surface area contributed by atoms with Gasteiger partial charge in [-0.2, -0.15) is 0 Å². The van der Waals surface area contributed by atoms with Gasteiger partial charge >= 0.3 is 0 Å². The second-order valence-corrected chi connectivity index (χ2v) is 7.62. The van der Waals surface area contributed by atoms with Crippen molar-refractivity contribution in [2.75, 3.05) is 12.4 Å². The summed E-state index contributed by atoms with van der Waals surface area (Å²) in [5.41, 5.74) is 1.10. The summed E-state index contributed by atoms with van der Waals surface area (Å²) in [6.07, 6.45) is 3.39. The van der Waals surface area contributed by atoms with Gasteiger partial charge in [0.1, 0.15) is 6.61 Å². The van der Waals surface area contributed by atoms with Crippen LogP contribution >= 0.6 is 11.8 Å². The van der Waals surface area contributed by atoms with Crippen LogP contribution < -0.4 is 14.8 Å². The molecule has 0 saturated carbocycles. The number of hydrogen-bond donors (Lipinski definition) is 1. The molecule has 144 valence electrons. The van der Waals surface area contributed by atoms with Crippen molar-refractivity contribution in [1.82, 2.24) is 29.9 Å². The predicted octanol–water partition coefficient (Wildman–Crippen LogP) is 1.35. The number of ether oxygens (including phenoxy) is 2. The Morgan fingerprint density at radius 1 is 1.29 bits per heavy atom. The van der Waals surface area contributed by atoms with Crippen molar-refractivity contribution in [3.63, 3.8) is 0 Å². The number of fused-ring (bicyclic) bond motifs is 2. The second-order valence-electron chi connectivity index (χ2n) is 6.56. The maximum atomic E-state index is 12.3. The van der Waals surface area contributed by atoms with E-state index in [4.69, 9.17) is 9.47 Å². The van der Waals surface area contributed by atoms with Crippen LogP contribution in [0.15, 0.2) is 41.8 Å². The fourth-order valence-corrected chi connectivity index (χ4v) is 4.12. The largest absolute Gasteiger partial charge is 0.486 e. The molecule has 2 aromatic heterocycles. The molecule has 4 heterocycles. The van der Waals surface area contributed by atoms with E-state index in [1.807, 2.05) is 30.5 Å². The molecule has 0 fully saturated rings. The normalized spacial score (nSPS) is 17.4. The predicted molar refractivity (Wildman–Crippen MR) is 100 cm³/mol. The highest BCUT2D eigenvalue weighted by Crippen LogP contribution is 2.31. The molecule has 0 aliphatic carbocycles. The maximum absolute atomic E-state index is 12.3. The summed E-state index contributed by atoms with van der Waals surface area (Å²) in [6, 6.07) is 7.54. The minimum absolute atomic E-state index is 0.196. The van der Waals surface area contributed by atoms with Gasteiger partial charge in [0.05, 0.1) is 25.0 Å². The third-order valence-corrected chi connectivity index (χ3v) is 5.48. The number of para-hydroxylation sites is 2. The van der Waals surface area contributed by atoms with E-state index in [-0.39, 0.29) is 17.7 Å². The van der Waals surface area contributed by atoms with Gasteiger partial charge in [-0.3, -0.25) is 4.79 Å². The molecule has 9 nitrogen and oxygen atoms in total. The number of aryl methyl sites for hydroxylation is 1. The second kappa shape index (κ2) is 7.19. The number of thioether (sulfide) groups is 1. The molecule has 0 unspecified atom stereocenters. The zero-order chi connectivity index (χ0) is 18.9. The highest BCUT2D eigenvalue weighted by molar-refractivity contribution is 7.99. The summed E-state index contributed by atoms with van der Waals surface area (Å²) in [7, 11) is 0. The molecule has 0 saturated heterocycles. The van der Waals surface area contributed by atoms with Gasteiger partial charge < -0.3 is 19.4 Å². The lowest BCUT2D eigenvalue weighted by Crippen LogP contribution is -2.33. The summed E-state index contributed by atoms with van der Waals surface area (Å²) < 4.78 is 15.3. The van der Waals surface area contributed by atoms with Gasteiger partial charge in [-0.1, -0.05) is 29.1 Å². The number of carbonyl (C=O) groups excluding carboxylic acids is 1. The first kappa shape index (κ1) is 17.1. The fraction of sp³-hybridized carbons (Fsp3) is 0.333. The number of hydrogen-bond acceptors (Lipinski definition) is 7. The smallest absolute Gasteiger partial charge is 0.273 e. The summed E-state index contributed by atoms with van der Waals surface area (Å²) in [5, 5.41) is 11.8. The SMILES string of the molecule is O=C(NCc1cn2c(n1)SCC2)c1cn(C[C@@H]2COc3ccccc3O2)nn1. The number of nitrogens with zero attached hydrogens (tertiary/aromatic N) is 5. The van der Waals surface area contributed by atoms with Gasteiger partial charge in [0, 0.05) is 18.5 Å². The molecule has 28 heavy (non-hydrogen) atoms. The van der Waals surface area contributed by atoms with E-state index < -0.39 is 0 Å². The van der Waals surface area contributed by atoms with E-state index in [9.17, 15) is 4.79 Å². The van der Waals surface area contributed by atoms with Crippen molar-refractivity contribution < 1.29 is 14.3 Å². The molecule has 2 aliphatic heterocycles. The van der Waals surface area contributed by atoms with E-state index in [1.54, 1.807) is 22.6 Å². The Balaban J connectivity index is 1.17. The average molecular weight is 398 g/mol. The first-order chi connectivity index (χ1) is 13.7. The summed E-state index contributed by atoms with van der Waals surface area (Å²) in [5.74, 6) is 2.22. The van der Waals surface area contributed by atoms with E-state index in [1.165, 1.54) is 0 Å². The summed E-state index contributed by atoms with van der Waals surface area (Å²) in [4.78, 5) is 16.8. The van der Waals surface area contributed by atoms with Crippen LogP contribution in [0.2, 0.25) is 0 Å². The molecule has 0 spiro atoms. The molecule has 0 bridgehead atoms. The standard InChI is InChI=1S/C18H18N6O3S/c25-17(19-7-12-8-23-5-6-28-18(23)20-12)14-10-24(22-21-14)9-13-11-26-15-3-1-2-4-16(15)27-13/h1-4,8,10,13H,5-7,9,11H2,(H,19,25)/t13-/m1/s1. The molecule has 10 heteroatoms. The molecular weight excluding hydrogens is 380 g/mol. The van der Waals surface area contributed by atoms with Crippen molar-refractivity contribution in [3.8, 4) is 11.5 Å². The van der Waals surface area contributed by atoms with E-state index in [0.717, 1.165) is 28.9 Å².